The van der Waals surface area contributed by atoms with E-state index >= 15 is 0 Å². The Morgan fingerprint density at radius 1 is 1.03 bits per heavy atom. The van der Waals surface area contributed by atoms with Crippen molar-refractivity contribution < 1.29 is 22.7 Å². The number of esters is 1. The van der Waals surface area contributed by atoms with Crippen LogP contribution in [0.5, 0.6) is 0 Å². The Morgan fingerprint density at radius 3 is 2.56 bits per heavy atom. The zero-order chi connectivity index (χ0) is 25.5. The van der Waals surface area contributed by atoms with E-state index in [1.54, 1.807) is 30.3 Å². The molecule has 3 aromatic carbocycles. The molecule has 36 heavy (non-hydrogen) atoms. The number of nitrogens with zero attached hydrogens (tertiary/aromatic N) is 1. The number of benzene rings is 3. The maximum absolute atomic E-state index is 13.3. The number of rotatable bonds is 9. The maximum Gasteiger partial charge on any atom is 0.338 e. The number of amides is 1. The van der Waals surface area contributed by atoms with Crippen LogP contribution in [-0.2, 0) is 26.0 Å². The largest absolute Gasteiger partial charge is 0.452 e. The number of ether oxygens (including phenoxy) is 1. The van der Waals surface area contributed by atoms with E-state index in [4.69, 9.17) is 4.74 Å². The molecule has 7 nitrogen and oxygen atoms in total. The second kappa shape index (κ2) is 11.2. The molecule has 1 amide bonds. The Balaban J connectivity index is 1.43. The molecule has 0 fully saturated rings. The number of nitrogens with one attached hydrogen (secondary N) is 1. The molecule has 0 aromatic heterocycles. The molecule has 0 bridgehead atoms. The summed E-state index contributed by atoms with van der Waals surface area (Å²) in [5.41, 5.74) is 2.82. The molecule has 0 radical (unpaired) electrons. The number of anilines is 1. The summed E-state index contributed by atoms with van der Waals surface area (Å²) in [6, 6.07) is 22.1. The number of aryl methyl sites for hydroxylation is 1. The van der Waals surface area contributed by atoms with Crippen molar-refractivity contribution >= 4 is 27.6 Å². The first-order chi connectivity index (χ1) is 17.4. The molecule has 4 rings (SSSR count). The molecular weight excluding hydrogens is 476 g/mol. The zero-order valence-corrected chi connectivity index (χ0v) is 20.6. The molecule has 186 valence electrons. The lowest BCUT2D eigenvalue weighted by atomic mass is 9.88. The van der Waals surface area contributed by atoms with Gasteiger partial charge in [0.25, 0.3) is 15.9 Å². The Hall–Kier alpha value is -3.91. The van der Waals surface area contributed by atoms with Gasteiger partial charge in [-0.1, -0.05) is 54.6 Å². The van der Waals surface area contributed by atoms with Crippen LogP contribution < -0.4 is 9.62 Å². The predicted molar refractivity (Wildman–Crippen MR) is 138 cm³/mol. The average molecular weight is 505 g/mol. The summed E-state index contributed by atoms with van der Waals surface area (Å²) in [6.07, 6.45) is 4.26. The maximum atomic E-state index is 13.3. The highest BCUT2D eigenvalue weighted by Gasteiger charge is 2.26. The zero-order valence-electron chi connectivity index (χ0n) is 19.8. The average Bonchev–Trinajstić information content (AvgIpc) is 2.91. The summed E-state index contributed by atoms with van der Waals surface area (Å²) in [5, 5.41) is 2.94. The Kier molecular flexibility index (Phi) is 7.85. The minimum absolute atomic E-state index is 0.0403. The first-order valence-corrected chi connectivity index (χ1v) is 13.2. The van der Waals surface area contributed by atoms with Gasteiger partial charge in [-0.15, -0.1) is 6.58 Å². The summed E-state index contributed by atoms with van der Waals surface area (Å²) < 4.78 is 33.1. The first-order valence-electron chi connectivity index (χ1n) is 11.7. The third-order valence-electron chi connectivity index (χ3n) is 6.04. The third-order valence-corrected chi connectivity index (χ3v) is 7.83. The number of carbonyl (C=O) groups excluding carboxylic acids is 2. The van der Waals surface area contributed by atoms with Crippen LogP contribution in [0.15, 0.2) is 96.4 Å². The lowest BCUT2D eigenvalue weighted by molar-refractivity contribution is -0.125. The number of hydrogen-bond donors (Lipinski definition) is 1. The van der Waals surface area contributed by atoms with Crippen LogP contribution in [0, 0.1) is 0 Å². The second-order valence-electron chi connectivity index (χ2n) is 8.48. The van der Waals surface area contributed by atoms with Crippen LogP contribution in [0.4, 0.5) is 5.69 Å². The molecule has 3 aromatic rings. The van der Waals surface area contributed by atoms with E-state index in [1.807, 2.05) is 18.2 Å². The molecule has 1 aliphatic carbocycles. The molecule has 8 heteroatoms. The fourth-order valence-electron chi connectivity index (χ4n) is 4.32. The predicted octanol–water partition coefficient (Wildman–Crippen LogP) is 4.42. The number of para-hydroxylation sites is 1. The van der Waals surface area contributed by atoms with E-state index < -0.39 is 28.5 Å². The van der Waals surface area contributed by atoms with Gasteiger partial charge in [-0.2, -0.15) is 0 Å². The van der Waals surface area contributed by atoms with Gasteiger partial charge in [0.1, 0.15) is 0 Å². The van der Waals surface area contributed by atoms with Gasteiger partial charge in [-0.05, 0) is 60.7 Å². The molecule has 1 aliphatic rings. The minimum atomic E-state index is -3.98. The van der Waals surface area contributed by atoms with Gasteiger partial charge < -0.3 is 10.1 Å². The number of fused-ring (bicyclic) bond motifs is 1. The Morgan fingerprint density at radius 2 is 1.78 bits per heavy atom. The molecule has 1 atom stereocenters. The van der Waals surface area contributed by atoms with Crippen molar-refractivity contribution in [3.63, 3.8) is 0 Å². The van der Waals surface area contributed by atoms with Gasteiger partial charge in [0.2, 0.25) is 0 Å². The van der Waals surface area contributed by atoms with Crippen molar-refractivity contribution in [2.24, 2.45) is 0 Å². The molecule has 0 aliphatic heterocycles. The normalized spacial score (nSPS) is 14.8. The fourth-order valence-corrected chi connectivity index (χ4v) is 5.80. The molecule has 0 saturated heterocycles. The molecular formula is C28H28N2O5S. The smallest absolute Gasteiger partial charge is 0.338 e. The van der Waals surface area contributed by atoms with Gasteiger partial charge in [-0.25, -0.2) is 13.2 Å². The number of hydrogen-bond acceptors (Lipinski definition) is 5. The highest BCUT2D eigenvalue weighted by molar-refractivity contribution is 7.92. The lowest BCUT2D eigenvalue weighted by Gasteiger charge is -2.26. The van der Waals surface area contributed by atoms with Crippen molar-refractivity contribution in [1.82, 2.24) is 5.32 Å². The Labute approximate surface area is 211 Å². The van der Waals surface area contributed by atoms with Crippen LogP contribution >= 0.6 is 0 Å². The highest BCUT2D eigenvalue weighted by Crippen LogP contribution is 2.29. The monoisotopic (exact) mass is 504 g/mol. The van der Waals surface area contributed by atoms with Crippen LogP contribution in [0.1, 0.15) is 40.4 Å². The van der Waals surface area contributed by atoms with Crippen LogP contribution in [0.3, 0.4) is 0 Å². The second-order valence-corrected chi connectivity index (χ2v) is 10.3. The Bertz CT molecular complexity index is 1360. The molecule has 1 N–H and O–H groups in total. The van der Waals surface area contributed by atoms with E-state index in [0.29, 0.717) is 5.69 Å². The summed E-state index contributed by atoms with van der Waals surface area (Å²) in [5.74, 6) is -1.18. The van der Waals surface area contributed by atoms with E-state index in [1.165, 1.54) is 40.2 Å². The van der Waals surface area contributed by atoms with E-state index in [9.17, 15) is 18.0 Å². The van der Waals surface area contributed by atoms with Crippen molar-refractivity contribution in [2.75, 3.05) is 17.5 Å². The van der Waals surface area contributed by atoms with Gasteiger partial charge >= 0.3 is 5.97 Å². The van der Waals surface area contributed by atoms with Gasteiger partial charge in [0, 0.05) is 0 Å². The van der Waals surface area contributed by atoms with E-state index in [0.717, 1.165) is 24.8 Å². The quantitative estimate of drug-likeness (QED) is 0.344. The van der Waals surface area contributed by atoms with Crippen molar-refractivity contribution in [1.29, 1.82) is 0 Å². The molecule has 0 spiro atoms. The van der Waals surface area contributed by atoms with Crippen molar-refractivity contribution in [3.8, 4) is 0 Å². The van der Waals surface area contributed by atoms with E-state index in [-0.39, 0.29) is 23.0 Å². The van der Waals surface area contributed by atoms with Crippen LogP contribution in [-0.4, -0.2) is 33.4 Å². The highest BCUT2D eigenvalue weighted by atomic mass is 32.2. The van der Waals surface area contributed by atoms with Crippen molar-refractivity contribution in [2.45, 2.75) is 30.2 Å². The van der Waals surface area contributed by atoms with Crippen molar-refractivity contribution in [3.05, 3.63) is 108 Å². The standard InChI is InChI=1S/C28H28N2O5S/c1-2-18-30(23-13-4-3-5-14-23)36(33,34)24-15-8-12-22(19-24)28(32)35-20-27(31)29-26-17-9-11-21-10-6-7-16-25(21)26/h2-8,10,12-16,19,26H,1,9,11,17-18,20H2,(H,29,31)/t26-/m1/s1. The van der Waals surface area contributed by atoms with Crippen LogP contribution in [0.25, 0.3) is 0 Å². The lowest BCUT2D eigenvalue weighted by Crippen LogP contribution is -2.34. The molecule has 0 heterocycles. The first kappa shape index (κ1) is 25.2. The van der Waals surface area contributed by atoms with E-state index in [2.05, 4.69) is 18.0 Å². The summed E-state index contributed by atoms with van der Waals surface area (Å²) >= 11 is 0. The fraction of sp³-hybridized carbons (Fsp3) is 0.214. The topological polar surface area (TPSA) is 92.8 Å². The minimum Gasteiger partial charge on any atom is -0.452 e. The number of sulfonamides is 1. The summed E-state index contributed by atoms with van der Waals surface area (Å²) in [7, 11) is -3.98. The van der Waals surface area contributed by atoms with Gasteiger partial charge in [0.05, 0.1) is 28.7 Å². The summed E-state index contributed by atoms with van der Waals surface area (Å²) in [4.78, 5) is 25.1. The third kappa shape index (κ3) is 5.66. The van der Waals surface area contributed by atoms with Crippen LogP contribution in [0.2, 0.25) is 0 Å². The number of carbonyl (C=O) groups is 2. The van der Waals surface area contributed by atoms with Gasteiger partial charge in [0.15, 0.2) is 6.61 Å². The SMILES string of the molecule is C=CCN(c1ccccc1)S(=O)(=O)c1cccc(C(=O)OCC(=O)N[C@@H]2CCCc3ccccc32)c1. The molecule has 0 saturated carbocycles. The van der Waals surface area contributed by atoms with Gasteiger partial charge in [-0.3, -0.25) is 9.10 Å². The molecule has 0 unspecified atom stereocenters. The summed E-state index contributed by atoms with van der Waals surface area (Å²) in [6.45, 7) is 3.26.